The van der Waals surface area contributed by atoms with Gasteiger partial charge in [-0.3, -0.25) is 9.69 Å². The van der Waals surface area contributed by atoms with Crippen molar-refractivity contribution in [2.45, 2.75) is 26.5 Å². The highest BCUT2D eigenvalue weighted by atomic mass is 35.5. The molecule has 0 saturated carbocycles. The Kier molecular flexibility index (Phi) is 13.0. The second-order valence-electron chi connectivity index (χ2n) is 12.5. The van der Waals surface area contributed by atoms with E-state index in [1.165, 1.54) is 11.1 Å². The first-order chi connectivity index (χ1) is 25.9. The molecule has 1 fully saturated rings. The molecule has 2 heterocycles. The van der Waals surface area contributed by atoms with Crippen molar-refractivity contribution in [3.63, 3.8) is 0 Å². The summed E-state index contributed by atoms with van der Waals surface area (Å²) >= 11 is 6.52. The van der Waals surface area contributed by atoms with E-state index < -0.39 is 0 Å². The van der Waals surface area contributed by atoms with E-state index >= 15 is 0 Å². The van der Waals surface area contributed by atoms with Crippen molar-refractivity contribution < 1.29 is 23.7 Å². The van der Waals surface area contributed by atoms with E-state index in [0.29, 0.717) is 60.9 Å². The lowest BCUT2D eigenvalue weighted by molar-refractivity contribution is -0.127. The zero-order chi connectivity index (χ0) is 36.8. The summed E-state index contributed by atoms with van der Waals surface area (Å²) in [5.41, 5.74) is 4.82. The van der Waals surface area contributed by atoms with Gasteiger partial charge in [0.15, 0.2) is 0 Å². The Balaban J connectivity index is 0.903. The Bertz CT molecular complexity index is 2020. The molecule has 0 radical (unpaired) electrons. The Hall–Kier alpha value is -5.82. The topological polar surface area (TPSA) is 97.2 Å². The number of carbonyl (C=O) groups is 1. The first-order valence-electron chi connectivity index (χ1n) is 17.6. The van der Waals surface area contributed by atoms with Gasteiger partial charge in [-0.25, -0.2) is 4.98 Å². The van der Waals surface area contributed by atoms with E-state index in [1.807, 2.05) is 54.3 Å². The molecule has 1 amide bonds. The number of hydrogen-bond acceptors (Lipinski definition) is 8. The minimum Gasteiger partial charge on any atom is -0.494 e. The molecule has 1 aliphatic heterocycles. The molecule has 0 unspecified atom stereocenters. The fraction of sp³-hybridized carbons (Fsp3) is 0.233. The number of carbonyl (C=O) groups excluding carboxylic acids is 1. The Morgan fingerprint density at radius 3 is 2.26 bits per heavy atom. The Morgan fingerprint density at radius 1 is 0.830 bits per heavy atom. The van der Waals surface area contributed by atoms with E-state index in [1.54, 1.807) is 54.7 Å². The van der Waals surface area contributed by atoms with Crippen LogP contribution in [0.3, 0.4) is 0 Å². The zero-order valence-electron chi connectivity index (χ0n) is 29.6. The van der Waals surface area contributed by atoms with Crippen LogP contribution in [0.1, 0.15) is 34.7 Å². The van der Waals surface area contributed by atoms with E-state index in [4.69, 9.17) is 35.8 Å². The summed E-state index contributed by atoms with van der Waals surface area (Å²) in [6, 6.07) is 34.6. The lowest BCUT2D eigenvalue weighted by Gasteiger charge is -2.34. The maximum Gasteiger partial charge on any atom is 0.246 e. The van der Waals surface area contributed by atoms with Gasteiger partial charge in [0.25, 0.3) is 0 Å². The molecule has 0 N–H and O–H groups in total. The highest BCUT2D eigenvalue weighted by Crippen LogP contribution is 2.30. The average Bonchev–Trinajstić information content (AvgIpc) is 3.19. The minimum atomic E-state index is -0.0250. The van der Waals surface area contributed by atoms with Crippen LogP contribution in [0.25, 0.3) is 6.08 Å². The van der Waals surface area contributed by atoms with Crippen LogP contribution in [-0.4, -0.2) is 60.1 Å². The van der Waals surface area contributed by atoms with Crippen molar-refractivity contribution >= 4 is 23.6 Å². The molecule has 53 heavy (non-hydrogen) atoms. The standard InChI is InChI=1S/C43H41ClN4O5/c1-2-50-37-4-3-5-38(27-37)51-25-20-32-6-10-35(11-7-32)30-47-21-23-48(24-22-47)43(49)19-15-33-14-17-41(40(44)26-33)53-42-18-16-39(29-46-42)52-31-36-12-8-34(28-45)9-13-36/h3-19,26-27,29H,2,20-25,30-31H2,1H3. The SMILES string of the molecule is CCOc1cccc(OCCc2ccc(CN3CCN(C(=O)C=Cc4ccc(Oc5ccc(OCc6ccc(C#N)cc6)cn5)c(Cl)c4)CC3)cc2)c1. The third-order valence-electron chi connectivity index (χ3n) is 8.68. The second-order valence-corrected chi connectivity index (χ2v) is 12.9. The van der Waals surface area contributed by atoms with Gasteiger partial charge >= 0.3 is 0 Å². The molecular formula is C43H41ClN4O5. The Labute approximate surface area is 315 Å². The van der Waals surface area contributed by atoms with Crippen LogP contribution in [0.2, 0.25) is 5.02 Å². The van der Waals surface area contributed by atoms with Gasteiger partial charge in [0.2, 0.25) is 11.8 Å². The summed E-state index contributed by atoms with van der Waals surface area (Å²) in [7, 11) is 0. The smallest absolute Gasteiger partial charge is 0.246 e. The van der Waals surface area contributed by atoms with Crippen LogP contribution in [0.15, 0.2) is 115 Å². The number of nitrogens with zero attached hydrogens (tertiary/aromatic N) is 4. The molecule has 0 aliphatic carbocycles. The number of ether oxygens (including phenoxy) is 4. The molecular weight excluding hydrogens is 688 g/mol. The van der Waals surface area contributed by atoms with E-state index in [2.05, 4.69) is 40.2 Å². The monoisotopic (exact) mass is 728 g/mol. The van der Waals surface area contributed by atoms with Crippen molar-refractivity contribution in [3.05, 3.63) is 148 Å². The molecule has 9 nitrogen and oxygen atoms in total. The van der Waals surface area contributed by atoms with Crippen molar-refractivity contribution in [3.8, 4) is 34.9 Å². The quantitative estimate of drug-likeness (QED) is 0.0993. The van der Waals surface area contributed by atoms with Crippen LogP contribution < -0.4 is 18.9 Å². The number of piperazine rings is 1. The van der Waals surface area contributed by atoms with Crippen molar-refractivity contribution in [2.24, 2.45) is 0 Å². The molecule has 0 bridgehead atoms. The van der Waals surface area contributed by atoms with Gasteiger partial charge in [0.05, 0.1) is 36.1 Å². The molecule has 1 saturated heterocycles. The number of benzene rings is 4. The van der Waals surface area contributed by atoms with Crippen LogP contribution in [0, 0.1) is 11.3 Å². The van der Waals surface area contributed by atoms with E-state index in [9.17, 15) is 4.79 Å². The van der Waals surface area contributed by atoms with E-state index in [-0.39, 0.29) is 5.91 Å². The van der Waals surface area contributed by atoms with Crippen molar-refractivity contribution in [2.75, 3.05) is 39.4 Å². The van der Waals surface area contributed by atoms with E-state index in [0.717, 1.165) is 48.7 Å². The van der Waals surface area contributed by atoms with Gasteiger partial charge in [-0.05, 0) is 77.7 Å². The normalized spacial score (nSPS) is 13.0. The van der Waals surface area contributed by atoms with Gasteiger partial charge < -0.3 is 23.8 Å². The largest absolute Gasteiger partial charge is 0.494 e. The first-order valence-corrected chi connectivity index (χ1v) is 18.0. The number of rotatable bonds is 15. The van der Waals surface area contributed by atoms with Crippen molar-refractivity contribution in [1.82, 2.24) is 14.8 Å². The van der Waals surface area contributed by atoms with Crippen LogP contribution in [-0.2, 0) is 24.4 Å². The zero-order valence-corrected chi connectivity index (χ0v) is 30.4. The summed E-state index contributed by atoms with van der Waals surface area (Å²) in [6.45, 7) is 7.36. The van der Waals surface area contributed by atoms with Crippen molar-refractivity contribution in [1.29, 1.82) is 5.26 Å². The van der Waals surface area contributed by atoms with Crippen LogP contribution in [0.4, 0.5) is 0 Å². The summed E-state index contributed by atoms with van der Waals surface area (Å²) in [5, 5.41) is 9.35. The number of nitriles is 1. The molecule has 1 aromatic heterocycles. The first kappa shape index (κ1) is 37.0. The number of pyridine rings is 1. The highest BCUT2D eigenvalue weighted by Gasteiger charge is 2.20. The highest BCUT2D eigenvalue weighted by molar-refractivity contribution is 6.32. The van der Waals surface area contributed by atoms with Gasteiger partial charge in [-0.15, -0.1) is 0 Å². The predicted octanol–water partition coefficient (Wildman–Crippen LogP) is 8.36. The molecule has 5 aromatic rings. The molecule has 10 heteroatoms. The predicted molar refractivity (Wildman–Crippen MR) is 205 cm³/mol. The summed E-state index contributed by atoms with van der Waals surface area (Å²) in [5.74, 6) is 3.01. The summed E-state index contributed by atoms with van der Waals surface area (Å²) in [6.07, 6.45) is 5.77. The summed E-state index contributed by atoms with van der Waals surface area (Å²) in [4.78, 5) is 21.6. The second kappa shape index (κ2) is 18.6. The van der Waals surface area contributed by atoms with Gasteiger partial charge in [0.1, 0.15) is 29.6 Å². The van der Waals surface area contributed by atoms with Gasteiger partial charge in [0, 0.05) is 57.4 Å². The minimum absolute atomic E-state index is 0.0250. The van der Waals surface area contributed by atoms with Gasteiger partial charge in [-0.2, -0.15) is 5.26 Å². The van der Waals surface area contributed by atoms with Crippen LogP contribution >= 0.6 is 11.6 Å². The number of aromatic nitrogens is 1. The lowest BCUT2D eigenvalue weighted by Crippen LogP contribution is -2.47. The third-order valence-corrected chi connectivity index (χ3v) is 8.97. The average molecular weight is 729 g/mol. The number of hydrogen-bond donors (Lipinski definition) is 0. The summed E-state index contributed by atoms with van der Waals surface area (Å²) < 4.78 is 23.1. The molecule has 4 aromatic carbocycles. The molecule has 1 aliphatic rings. The number of amides is 1. The molecule has 6 rings (SSSR count). The maximum absolute atomic E-state index is 13.0. The van der Waals surface area contributed by atoms with Gasteiger partial charge in [-0.1, -0.05) is 60.1 Å². The molecule has 0 atom stereocenters. The Morgan fingerprint density at radius 2 is 1.57 bits per heavy atom. The lowest BCUT2D eigenvalue weighted by atomic mass is 10.1. The molecule has 270 valence electrons. The fourth-order valence-corrected chi connectivity index (χ4v) is 5.97. The number of halogens is 1. The molecule has 0 spiro atoms. The van der Waals surface area contributed by atoms with Crippen LogP contribution in [0.5, 0.6) is 28.9 Å². The third kappa shape index (κ3) is 11.1. The fourth-order valence-electron chi connectivity index (χ4n) is 5.75. The maximum atomic E-state index is 13.0.